The highest BCUT2D eigenvalue weighted by molar-refractivity contribution is 7.14. The molecule has 2 aromatic carbocycles. The van der Waals surface area contributed by atoms with Gasteiger partial charge in [-0.15, -0.1) is 11.3 Å². The van der Waals surface area contributed by atoms with Crippen molar-refractivity contribution in [2.75, 3.05) is 5.32 Å². The maximum atomic E-state index is 12.6. The number of carbonyl (C=O) groups excluding carboxylic acids is 1. The number of hydrogen-bond acceptors (Lipinski definition) is 4. The molecule has 0 aliphatic rings. The molecule has 0 fully saturated rings. The van der Waals surface area contributed by atoms with Gasteiger partial charge in [0.2, 0.25) is 0 Å². The molecule has 0 radical (unpaired) electrons. The van der Waals surface area contributed by atoms with E-state index in [9.17, 15) is 4.79 Å². The summed E-state index contributed by atoms with van der Waals surface area (Å²) in [5, 5.41) is 5.44. The normalized spacial score (nSPS) is 13.0. The molecule has 1 heterocycles. The van der Waals surface area contributed by atoms with Crippen molar-refractivity contribution < 1.29 is 9.53 Å². The number of anilines is 1. The monoisotopic (exact) mass is 394 g/mol. The van der Waals surface area contributed by atoms with Gasteiger partial charge in [-0.3, -0.25) is 10.1 Å². The highest BCUT2D eigenvalue weighted by Crippen LogP contribution is 2.27. The lowest BCUT2D eigenvalue weighted by Crippen LogP contribution is -2.32. The number of benzene rings is 2. The topological polar surface area (TPSA) is 51.2 Å². The molecule has 0 spiro atoms. The molecule has 5 heteroatoms. The van der Waals surface area contributed by atoms with E-state index in [0.717, 1.165) is 17.7 Å². The number of para-hydroxylation sites is 1. The summed E-state index contributed by atoms with van der Waals surface area (Å²) in [6.07, 6.45) is 1.15. The molecule has 2 atom stereocenters. The lowest BCUT2D eigenvalue weighted by molar-refractivity contribution is -0.122. The van der Waals surface area contributed by atoms with Crippen molar-refractivity contribution in [3.63, 3.8) is 0 Å². The molecular weight excluding hydrogens is 368 g/mol. The fourth-order valence-corrected chi connectivity index (χ4v) is 3.58. The minimum Gasteiger partial charge on any atom is -0.481 e. The van der Waals surface area contributed by atoms with Gasteiger partial charge in [-0.1, -0.05) is 63.2 Å². The summed E-state index contributed by atoms with van der Waals surface area (Å²) in [6.45, 7) is 6.35. The van der Waals surface area contributed by atoms with Gasteiger partial charge in [-0.05, 0) is 36.5 Å². The summed E-state index contributed by atoms with van der Waals surface area (Å²) < 4.78 is 5.80. The summed E-state index contributed by atoms with van der Waals surface area (Å²) in [4.78, 5) is 17.1. The lowest BCUT2D eigenvalue weighted by atomic mass is 9.97. The molecule has 2 unspecified atom stereocenters. The van der Waals surface area contributed by atoms with E-state index >= 15 is 0 Å². The van der Waals surface area contributed by atoms with E-state index in [2.05, 4.69) is 48.4 Å². The van der Waals surface area contributed by atoms with Crippen LogP contribution >= 0.6 is 11.3 Å². The van der Waals surface area contributed by atoms with Crippen LogP contribution in [0.2, 0.25) is 0 Å². The molecule has 3 aromatic rings. The van der Waals surface area contributed by atoms with E-state index in [0.29, 0.717) is 23.2 Å². The van der Waals surface area contributed by atoms with Crippen molar-refractivity contribution in [2.24, 2.45) is 0 Å². The predicted molar refractivity (Wildman–Crippen MR) is 116 cm³/mol. The average molecular weight is 395 g/mol. The predicted octanol–water partition coefficient (Wildman–Crippen LogP) is 6.12. The van der Waals surface area contributed by atoms with Crippen LogP contribution in [0.4, 0.5) is 5.13 Å². The first-order chi connectivity index (χ1) is 13.6. The summed E-state index contributed by atoms with van der Waals surface area (Å²) in [5.74, 6) is 1.06. The van der Waals surface area contributed by atoms with Gasteiger partial charge in [0.25, 0.3) is 5.91 Å². The molecule has 3 rings (SSSR count). The Bertz CT molecular complexity index is 890. The highest BCUT2D eigenvalue weighted by atomic mass is 32.1. The van der Waals surface area contributed by atoms with Gasteiger partial charge in [0.1, 0.15) is 5.75 Å². The van der Waals surface area contributed by atoms with Crippen LogP contribution in [0.5, 0.6) is 5.75 Å². The number of nitrogens with zero attached hydrogens (tertiary/aromatic N) is 1. The van der Waals surface area contributed by atoms with E-state index in [-0.39, 0.29) is 5.91 Å². The minimum absolute atomic E-state index is 0.181. The SMILES string of the molecule is CCC(Oc1ccccc1)C(=O)Nc1nc(-c2ccc(C(C)CC)cc2)cs1. The number of carbonyl (C=O) groups is 1. The van der Waals surface area contributed by atoms with Crippen molar-refractivity contribution in [3.8, 4) is 17.0 Å². The van der Waals surface area contributed by atoms with Gasteiger partial charge in [0.15, 0.2) is 11.2 Å². The average Bonchev–Trinajstić information content (AvgIpc) is 3.20. The van der Waals surface area contributed by atoms with Gasteiger partial charge in [-0.2, -0.15) is 0 Å². The Morgan fingerprint density at radius 2 is 1.79 bits per heavy atom. The minimum atomic E-state index is -0.551. The van der Waals surface area contributed by atoms with Crippen molar-refractivity contribution >= 4 is 22.4 Å². The second-order valence-electron chi connectivity index (χ2n) is 6.79. The van der Waals surface area contributed by atoms with Crippen LogP contribution < -0.4 is 10.1 Å². The Morgan fingerprint density at radius 3 is 2.43 bits per heavy atom. The number of ether oxygens (including phenoxy) is 1. The molecule has 0 aliphatic carbocycles. The third-order valence-electron chi connectivity index (χ3n) is 4.81. The van der Waals surface area contributed by atoms with Crippen LogP contribution in [0.1, 0.15) is 45.1 Å². The van der Waals surface area contributed by atoms with E-state index in [1.165, 1.54) is 16.9 Å². The van der Waals surface area contributed by atoms with E-state index in [4.69, 9.17) is 4.74 Å². The standard InChI is InChI=1S/C23H26N2O2S/c1-4-16(3)17-11-13-18(14-12-17)20-15-28-23(24-20)25-22(26)21(5-2)27-19-9-7-6-8-10-19/h6-16,21H,4-5H2,1-3H3,(H,24,25,26). The molecule has 146 valence electrons. The number of aromatic nitrogens is 1. The Kier molecular flexibility index (Phi) is 6.82. The van der Waals surface area contributed by atoms with E-state index in [1.54, 1.807) is 0 Å². The fourth-order valence-electron chi connectivity index (χ4n) is 2.85. The second kappa shape index (κ2) is 9.51. The van der Waals surface area contributed by atoms with Gasteiger partial charge in [0, 0.05) is 10.9 Å². The van der Waals surface area contributed by atoms with Gasteiger partial charge < -0.3 is 4.74 Å². The molecule has 0 aliphatic heterocycles. The zero-order valence-electron chi connectivity index (χ0n) is 16.5. The molecule has 0 saturated carbocycles. The molecule has 0 bridgehead atoms. The number of rotatable bonds is 8. The second-order valence-corrected chi connectivity index (χ2v) is 7.64. The summed E-state index contributed by atoms with van der Waals surface area (Å²) >= 11 is 1.42. The Balaban J connectivity index is 1.65. The van der Waals surface area contributed by atoms with Crippen molar-refractivity contribution in [1.82, 2.24) is 4.98 Å². The molecule has 28 heavy (non-hydrogen) atoms. The maximum Gasteiger partial charge on any atom is 0.267 e. The third kappa shape index (κ3) is 4.98. The third-order valence-corrected chi connectivity index (χ3v) is 5.56. The zero-order chi connectivity index (χ0) is 19.9. The molecule has 1 N–H and O–H groups in total. The van der Waals surface area contributed by atoms with Crippen LogP contribution in [0, 0.1) is 0 Å². The first kappa shape index (κ1) is 20.1. The molecular formula is C23H26N2O2S. The smallest absolute Gasteiger partial charge is 0.267 e. The van der Waals surface area contributed by atoms with Crippen molar-refractivity contribution in [3.05, 3.63) is 65.5 Å². The zero-order valence-corrected chi connectivity index (χ0v) is 17.3. The fraction of sp³-hybridized carbons (Fsp3) is 0.304. The molecule has 1 amide bonds. The number of hydrogen-bond donors (Lipinski definition) is 1. The van der Waals surface area contributed by atoms with Crippen LogP contribution in [0.3, 0.4) is 0 Å². The molecule has 0 saturated heterocycles. The van der Waals surface area contributed by atoms with Crippen molar-refractivity contribution in [2.45, 2.75) is 45.6 Å². The van der Waals surface area contributed by atoms with Crippen LogP contribution in [-0.4, -0.2) is 17.0 Å². The summed E-state index contributed by atoms with van der Waals surface area (Å²) in [5.41, 5.74) is 3.25. The largest absolute Gasteiger partial charge is 0.481 e. The first-order valence-electron chi connectivity index (χ1n) is 9.69. The number of thiazole rings is 1. The Labute approximate surface area is 170 Å². The molecule has 4 nitrogen and oxygen atoms in total. The molecule has 1 aromatic heterocycles. The van der Waals surface area contributed by atoms with Crippen LogP contribution in [0.15, 0.2) is 60.0 Å². The summed E-state index contributed by atoms with van der Waals surface area (Å²) in [6, 6.07) is 17.9. The quantitative estimate of drug-likeness (QED) is 0.501. The Hall–Kier alpha value is -2.66. The highest BCUT2D eigenvalue weighted by Gasteiger charge is 2.20. The van der Waals surface area contributed by atoms with Crippen molar-refractivity contribution in [1.29, 1.82) is 0 Å². The van der Waals surface area contributed by atoms with Gasteiger partial charge in [0.05, 0.1) is 5.69 Å². The Morgan fingerprint density at radius 1 is 1.07 bits per heavy atom. The van der Waals surface area contributed by atoms with E-state index in [1.807, 2.05) is 42.6 Å². The number of amides is 1. The lowest BCUT2D eigenvalue weighted by Gasteiger charge is -2.16. The maximum absolute atomic E-state index is 12.6. The van der Waals surface area contributed by atoms with Crippen LogP contribution in [0.25, 0.3) is 11.3 Å². The van der Waals surface area contributed by atoms with Gasteiger partial charge >= 0.3 is 0 Å². The van der Waals surface area contributed by atoms with Crippen LogP contribution in [-0.2, 0) is 4.79 Å². The van der Waals surface area contributed by atoms with Gasteiger partial charge in [-0.25, -0.2) is 4.98 Å². The van der Waals surface area contributed by atoms with E-state index < -0.39 is 6.10 Å². The number of nitrogens with one attached hydrogen (secondary N) is 1. The summed E-state index contributed by atoms with van der Waals surface area (Å²) in [7, 11) is 0. The first-order valence-corrected chi connectivity index (χ1v) is 10.6.